The molecule has 11 heavy (non-hydrogen) atoms. The van der Waals surface area contributed by atoms with Crippen LogP contribution < -0.4 is 4.89 Å². The van der Waals surface area contributed by atoms with E-state index in [0.717, 1.165) is 0 Å². The maximum absolute atomic E-state index is 9.93. The highest BCUT2D eigenvalue weighted by Gasteiger charge is 2.25. The van der Waals surface area contributed by atoms with Gasteiger partial charge in [-0.3, -0.25) is 0 Å². The van der Waals surface area contributed by atoms with Crippen molar-refractivity contribution in [1.82, 2.24) is 0 Å². The highest BCUT2D eigenvalue weighted by molar-refractivity contribution is 7.30. The summed E-state index contributed by atoms with van der Waals surface area (Å²) in [5.41, 5.74) is -0.880. The second-order valence-electron chi connectivity index (χ2n) is 2.62. The fraction of sp³-hybridized carbons (Fsp3) is 1.00. The molecule has 0 saturated heterocycles. The average Bonchev–Trinajstić information content (AvgIpc) is 2.00. The number of aliphatic hydroxyl groups is 2. The number of hydrogen-bond acceptors (Lipinski definition) is 5. The zero-order valence-electron chi connectivity index (χ0n) is 6.19. The molecule has 0 aromatic carbocycles. The standard InChI is InChI=1S/C5H11O5P/c1-5(2-6,3-7)4-10-11(8)9/h6-7H,2-4H2,1H3. The molecule has 0 radical (unpaired) electrons. The average molecular weight is 182 g/mol. The minimum atomic E-state index is -2.90. The van der Waals surface area contributed by atoms with Gasteiger partial charge in [-0.1, -0.05) is 6.92 Å². The highest BCUT2D eigenvalue weighted by atomic mass is 31.1. The summed E-state index contributed by atoms with van der Waals surface area (Å²) in [6.45, 7) is 0.698. The van der Waals surface area contributed by atoms with Crippen LogP contribution in [0.4, 0.5) is 0 Å². The Kier molecular flexibility index (Phi) is 4.72. The minimum absolute atomic E-state index is 0.196. The molecule has 6 heteroatoms. The van der Waals surface area contributed by atoms with Crippen molar-refractivity contribution in [3.8, 4) is 0 Å². The van der Waals surface area contributed by atoms with Crippen molar-refractivity contribution >= 4 is 8.25 Å². The van der Waals surface area contributed by atoms with E-state index >= 15 is 0 Å². The van der Waals surface area contributed by atoms with Crippen LogP contribution in [0.15, 0.2) is 0 Å². The van der Waals surface area contributed by atoms with Gasteiger partial charge in [0.2, 0.25) is 0 Å². The fourth-order valence-corrected chi connectivity index (χ4v) is 0.767. The Bertz CT molecular complexity index is 133. The van der Waals surface area contributed by atoms with E-state index in [-0.39, 0.29) is 19.8 Å². The third kappa shape index (κ3) is 4.40. The van der Waals surface area contributed by atoms with Crippen LogP contribution in [-0.2, 0) is 9.09 Å². The maximum atomic E-state index is 9.93. The molecule has 0 amide bonds. The summed E-state index contributed by atoms with van der Waals surface area (Å²) in [6.07, 6.45) is 0. The molecule has 0 aliphatic carbocycles. The first kappa shape index (κ1) is 10.9. The Hall–Kier alpha value is -0.0600. The molecular weight excluding hydrogens is 171 g/mol. The van der Waals surface area contributed by atoms with Gasteiger partial charge in [0.05, 0.1) is 13.2 Å². The van der Waals surface area contributed by atoms with E-state index in [0.29, 0.717) is 0 Å². The first-order valence-corrected chi connectivity index (χ1v) is 4.12. The van der Waals surface area contributed by atoms with Gasteiger partial charge in [-0.15, -0.1) is 4.52 Å². The van der Waals surface area contributed by atoms with Crippen LogP contribution in [-0.4, -0.2) is 30.0 Å². The first-order chi connectivity index (χ1) is 5.04. The summed E-state index contributed by atoms with van der Waals surface area (Å²) in [5.74, 6) is 0. The molecule has 0 aromatic heterocycles. The molecule has 1 unspecified atom stereocenters. The van der Waals surface area contributed by atoms with Gasteiger partial charge < -0.3 is 15.1 Å². The van der Waals surface area contributed by atoms with Crippen molar-refractivity contribution < 1.29 is 24.2 Å². The van der Waals surface area contributed by atoms with Gasteiger partial charge in [-0.25, -0.2) is 0 Å². The molecule has 0 aliphatic rings. The molecule has 0 spiro atoms. The molecule has 0 heterocycles. The summed E-state index contributed by atoms with van der Waals surface area (Å²) in [4.78, 5) is 9.93. The van der Waals surface area contributed by atoms with Gasteiger partial charge >= 0.3 is 8.25 Å². The van der Waals surface area contributed by atoms with Crippen LogP contribution >= 0.6 is 8.25 Å². The van der Waals surface area contributed by atoms with E-state index in [1.165, 1.54) is 6.92 Å². The lowest BCUT2D eigenvalue weighted by molar-refractivity contribution is -0.188. The number of aliphatic hydroxyl groups excluding tert-OH is 2. The van der Waals surface area contributed by atoms with Crippen LogP contribution in [0.3, 0.4) is 0 Å². The van der Waals surface area contributed by atoms with E-state index in [2.05, 4.69) is 4.52 Å². The van der Waals surface area contributed by atoms with Gasteiger partial charge in [0.25, 0.3) is 0 Å². The van der Waals surface area contributed by atoms with Crippen LogP contribution in [0, 0.1) is 5.41 Å². The zero-order valence-corrected chi connectivity index (χ0v) is 7.08. The summed E-state index contributed by atoms with van der Waals surface area (Å²) >= 11 is 0. The SMILES string of the molecule is CC(CO)(CO)CO[P+](=O)[O-]. The molecular formula is C5H11O5P. The summed E-state index contributed by atoms with van der Waals surface area (Å²) in [7, 11) is -2.90. The maximum Gasteiger partial charge on any atom is 0.488 e. The summed E-state index contributed by atoms with van der Waals surface area (Å²) in [5, 5.41) is 17.3. The van der Waals surface area contributed by atoms with Gasteiger partial charge in [0.1, 0.15) is 6.61 Å². The molecule has 0 aromatic rings. The van der Waals surface area contributed by atoms with Gasteiger partial charge in [0, 0.05) is 5.41 Å². The molecule has 0 saturated carbocycles. The van der Waals surface area contributed by atoms with Crippen molar-refractivity contribution in [2.24, 2.45) is 5.41 Å². The lowest BCUT2D eigenvalue weighted by atomic mass is 9.95. The van der Waals surface area contributed by atoms with Crippen LogP contribution in [0.25, 0.3) is 0 Å². The third-order valence-electron chi connectivity index (χ3n) is 1.28. The normalized spacial score (nSPS) is 13.3. The molecule has 66 valence electrons. The van der Waals surface area contributed by atoms with E-state index in [9.17, 15) is 9.46 Å². The molecule has 0 fully saturated rings. The molecule has 2 N–H and O–H groups in total. The third-order valence-corrected chi connectivity index (χ3v) is 1.62. The predicted molar refractivity (Wildman–Crippen MR) is 35.8 cm³/mol. The number of rotatable bonds is 5. The minimum Gasteiger partial charge on any atom is -0.566 e. The molecule has 0 rings (SSSR count). The second kappa shape index (κ2) is 4.74. The van der Waals surface area contributed by atoms with Gasteiger partial charge in [0.15, 0.2) is 0 Å². The Morgan fingerprint density at radius 3 is 2.27 bits per heavy atom. The van der Waals surface area contributed by atoms with Crippen molar-refractivity contribution in [3.63, 3.8) is 0 Å². The Morgan fingerprint density at radius 1 is 1.55 bits per heavy atom. The van der Waals surface area contributed by atoms with Gasteiger partial charge in [-0.2, -0.15) is 0 Å². The topological polar surface area (TPSA) is 89.8 Å². The molecule has 0 bridgehead atoms. The quantitative estimate of drug-likeness (QED) is 0.533. The summed E-state index contributed by atoms with van der Waals surface area (Å²) in [6, 6.07) is 0. The van der Waals surface area contributed by atoms with E-state index in [4.69, 9.17) is 10.2 Å². The zero-order chi connectivity index (χ0) is 8.91. The molecule has 5 nitrogen and oxygen atoms in total. The van der Waals surface area contributed by atoms with Gasteiger partial charge in [-0.05, 0) is 4.57 Å². The Morgan fingerprint density at radius 2 is 2.00 bits per heavy atom. The van der Waals surface area contributed by atoms with Crippen molar-refractivity contribution in [2.75, 3.05) is 19.8 Å². The van der Waals surface area contributed by atoms with Crippen LogP contribution in [0.1, 0.15) is 6.92 Å². The predicted octanol–water partition coefficient (Wildman–Crippen LogP) is -0.988. The van der Waals surface area contributed by atoms with E-state index in [1.807, 2.05) is 0 Å². The lowest BCUT2D eigenvalue weighted by Gasteiger charge is -2.20. The first-order valence-electron chi connectivity index (χ1n) is 3.03. The monoisotopic (exact) mass is 182 g/mol. The largest absolute Gasteiger partial charge is 0.566 e. The Labute approximate surface area is 65.6 Å². The molecule has 1 atom stereocenters. The molecule has 0 aliphatic heterocycles. The van der Waals surface area contributed by atoms with Crippen molar-refractivity contribution in [2.45, 2.75) is 6.92 Å². The lowest BCUT2D eigenvalue weighted by Crippen LogP contribution is -2.30. The van der Waals surface area contributed by atoms with E-state index < -0.39 is 13.7 Å². The Balaban J connectivity index is 3.78. The van der Waals surface area contributed by atoms with E-state index in [1.54, 1.807) is 0 Å². The van der Waals surface area contributed by atoms with Crippen LogP contribution in [0.5, 0.6) is 0 Å². The van der Waals surface area contributed by atoms with Crippen molar-refractivity contribution in [3.05, 3.63) is 0 Å². The smallest absolute Gasteiger partial charge is 0.488 e. The fourth-order valence-electron chi connectivity index (χ4n) is 0.350. The van der Waals surface area contributed by atoms with Crippen molar-refractivity contribution in [1.29, 1.82) is 0 Å². The second-order valence-corrected chi connectivity index (χ2v) is 3.33. The number of hydrogen-bond donors (Lipinski definition) is 2. The highest BCUT2D eigenvalue weighted by Crippen LogP contribution is 2.20. The van der Waals surface area contributed by atoms with Crippen LogP contribution in [0.2, 0.25) is 0 Å². The summed E-state index contributed by atoms with van der Waals surface area (Å²) < 4.78 is 14.2.